The Balaban J connectivity index is 4.40. The number of carbonyl (C=O) groups excluding carboxylic acids is 3. The molecule has 64 heavy (non-hydrogen) atoms. The second-order valence-electron chi connectivity index (χ2n) is 17.8. The van der Waals surface area contributed by atoms with Crippen molar-refractivity contribution in [2.45, 2.75) is 264 Å². The van der Waals surface area contributed by atoms with E-state index in [2.05, 4.69) is 93.7 Å². The third-order valence-electron chi connectivity index (χ3n) is 11.5. The minimum Gasteiger partial charge on any atom is -0.462 e. The fourth-order valence-corrected chi connectivity index (χ4v) is 7.47. The van der Waals surface area contributed by atoms with Crippen molar-refractivity contribution in [2.75, 3.05) is 13.2 Å². The second-order valence-corrected chi connectivity index (χ2v) is 17.8. The first-order valence-corrected chi connectivity index (χ1v) is 27.0. The van der Waals surface area contributed by atoms with E-state index in [1.807, 2.05) is 0 Å². The molecule has 0 aromatic carbocycles. The van der Waals surface area contributed by atoms with Gasteiger partial charge in [0.25, 0.3) is 0 Å². The molecule has 0 N–H and O–H groups in total. The molecule has 368 valence electrons. The minimum absolute atomic E-state index is 0.0850. The number of carbonyl (C=O) groups is 3. The number of esters is 3. The van der Waals surface area contributed by atoms with Crippen LogP contribution in [-0.2, 0) is 28.6 Å². The lowest BCUT2D eigenvalue weighted by Gasteiger charge is -2.18. The van der Waals surface area contributed by atoms with Crippen LogP contribution in [0.4, 0.5) is 0 Å². The van der Waals surface area contributed by atoms with Crippen molar-refractivity contribution in [2.24, 2.45) is 0 Å². The zero-order chi connectivity index (χ0) is 46.5. The SMILES string of the molecule is CC\C=C/C=C\C=C/CCCCCCCCCC(=O)OC(COC(=O)CCCCCCCCC/C=C\C/C=C\CC)COC(=O)CCCCCCCCC/C=C\CCCCCCCC. The molecule has 0 bridgehead atoms. The number of hydrogen-bond donors (Lipinski definition) is 0. The Morgan fingerprint density at radius 2 is 0.688 bits per heavy atom. The van der Waals surface area contributed by atoms with Gasteiger partial charge in [0.05, 0.1) is 0 Å². The number of unbranched alkanes of at least 4 members (excludes halogenated alkanes) is 27. The molecule has 0 spiro atoms. The number of hydrogen-bond acceptors (Lipinski definition) is 6. The van der Waals surface area contributed by atoms with Gasteiger partial charge in [-0.15, -0.1) is 0 Å². The van der Waals surface area contributed by atoms with E-state index in [4.69, 9.17) is 14.2 Å². The summed E-state index contributed by atoms with van der Waals surface area (Å²) in [6, 6.07) is 0. The lowest BCUT2D eigenvalue weighted by atomic mass is 10.1. The molecule has 0 saturated carbocycles. The lowest BCUT2D eigenvalue weighted by Crippen LogP contribution is -2.30. The van der Waals surface area contributed by atoms with Crippen molar-refractivity contribution in [3.05, 3.63) is 72.9 Å². The summed E-state index contributed by atoms with van der Waals surface area (Å²) in [5, 5.41) is 0. The van der Waals surface area contributed by atoms with Crippen LogP contribution in [0.2, 0.25) is 0 Å². The van der Waals surface area contributed by atoms with Crippen LogP contribution >= 0.6 is 0 Å². The quantitative estimate of drug-likeness (QED) is 0.0199. The van der Waals surface area contributed by atoms with Crippen molar-refractivity contribution >= 4 is 17.9 Å². The van der Waals surface area contributed by atoms with Crippen LogP contribution in [0.3, 0.4) is 0 Å². The third-order valence-corrected chi connectivity index (χ3v) is 11.5. The Morgan fingerprint density at radius 3 is 1.12 bits per heavy atom. The molecule has 0 aliphatic rings. The van der Waals surface area contributed by atoms with Gasteiger partial charge in [-0.25, -0.2) is 0 Å². The van der Waals surface area contributed by atoms with Crippen molar-refractivity contribution in [3.8, 4) is 0 Å². The van der Waals surface area contributed by atoms with Crippen LogP contribution in [0, 0.1) is 0 Å². The molecule has 1 unspecified atom stereocenters. The zero-order valence-electron chi connectivity index (χ0n) is 42.0. The van der Waals surface area contributed by atoms with Crippen LogP contribution < -0.4 is 0 Å². The van der Waals surface area contributed by atoms with E-state index in [9.17, 15) is 14.4 Å². The fourth-order valence-electron chi connectivity index (χ4n) is 7.47. The fraction of sp³-hybridized carbons (Fsp3) is 0.741. The maximum Gasteiger partial charge on any atom is 0.306 e. The summed E-state index contributed by atoms with van der Waals surface area (Å²) in [6.45, 7) is 6.39. The molecule has 6 nitrogen and oxygen atoms in total. The first-order valence-electron chi connectivity index (χ1n) is 27.0. The van der Waals surface area contributed by atoms with E-state index in [1.54, 1.807) is 0 Å². The number of ether oxygens (including phenoxy) is 3. The Bertz CT molecular complexity index is 1210. The van der Waals surface area contributed by atoms with Gasteiger partial charge in [0.15, 0.2) is 6.10 Å². The smallest absolute Gasteiger partial charge is 0.306 e. The standard InChI is InChI=1S/C58H100O6/c1-4-7-10-13-16-19-22-25-28-29-31-33-36-39-42-45-48-51-57(60)63-54-55(53-62-56(59)50-47-44-41-38-35-32-27-24-21-18-15-12-9-6-3)64-58(61)52-49-46-43-40-37-34-30-26-23-20-17-14-11-8-5-2/h8-9,11-12,14,17-18,20-21,23,25,28,55H,4-7,10,13,15-16,19,22,24,26-27,29-54H2,1-3H3/b11-8-,12-9-,17-14-,21-18-,23-20-,28-25-. The molecular weight excluding hydrogens is 793 g/mol. The monoisotopic (exact) mass is 893 g/mol. The molecule has 0 amide bonds. The Kier molecular flexibility index (Phi) is 49.9. The van der Waals surface area contributed by atoms with E-state index in [0.29, 0.717) is 19.3 Å². The van der Waals surface area contributed by atoms with Crippen molar-refractivity contribution in [1.82, 2.24) is 0 Å². The van der Waals surface area contributed by atoms with Gasteiger partial charge >= 0.3 is 17.9 Å². The molecule has 0 aromatic heterocycles. The molecule has 0 heterocycles. The summed E-state index contributed by atoms with van der Waals surface area (Å²) >= 11 is 0. The summed E-state index contributed by atoms with van der Waals surface area (Å²) < 4.78 is 16.8. The Hall–Kier alpha value is -3.15. The summed E-state index contributed by atoms with van der Waals surface area (Å²) in [6.07, 6.45) is 66.0. The first-order chi connectivity index (χ1) is 31.5. The van der Waals surface area contributed by atoms with Gasteiger partial charge in [0, 0.05) is 19.3 Å². The van der Waals surface area contributed by atoms with Crippen LogP contribution in [0.15, 0.2) is 72.9 Å². The average molecular weight is 893 g/mol. The molecule has 0 saturated heterocycles. The van der Waals surface area contributed by atoms with Gasteiger partial charge in [-0.2, -0.15) is 0 Å². The van der Waals surface area contributed by atoms with Gasteiger partial charge < -0.3 is 14.2 Å². The normalized spacial score (nSPS) is 12.6. The van der Waals surface area contributed by atoms with Crippen LogP contribution in [-0.4, -0.2) is 37.2 Å². The molecule has 0 rings (SSSR count). The molecule has 0 aromatic rings. The van der Waals surface area contributed by atoms with Crippen LogP contribution in [0.25, 0.3) is 0 Å². The highest BCUT2D eigenvalue weighted by Gasteiger charge is 2.19. The van der Waals surface area contributed by atoms with Gasteiger partial charge in [-0.1, -0.05) is 222 Å². The molecule has 1 atom stereocenters. The number of allylic oxidation sites excluding steroid dienone is 12. The highest BCUT2D eigenvalue weighted by Crippen LogP contribution is 2.15. The highest BCUT2D eigenvalue weighted by molar-refractivity contribution is 5.71. The summed E-state index contributed by atoms with van der Waals surface area (Å²) in [4.78, 5) is 38.1. The zero-order valence-corrected chi connectivity index (χ0v) is 42.0. The van der Waals surface area contributed by atoms with Gasteiger partial charge in [-0.05, 0) is 89.9 Å². The molecular formula is C58H100O6. The average Bonchev–Trinajstić information content (AvgIpc) is 3.29. The maximum atomic E-state index is 12.8. The van der Waals surface area contributed by atoms with E-state index in [0.717, 1.165) is 89.9 Å². The molecule has 0 fully saturated rings. The minimum atomic E-state index is -0.786. The summed E-state index contributed by atoms with van der Waals surface area (Å²) in [5.41, 5.74) is 0. The van der Waals surface area contributed by atoms with Crippen molar-refractivity contribution < 1.29 is 28.6 Å². The number of rotatable bonds is 48. The molecule has 6 heteroatoms. The van der Waals surface area contributed by atoms with Crippen LogP contribution in [0.5, 0.6) is 0 Å². The van der Waals surface area contributed by atoms with Gasteiger partial charge in [-0.3, -0.25) is 14.4 Å². The van der Waals surface area contributed by atoms with E-state index >= 15 is 0 Å². The topological polar surface area (TPSA) is 78.9 Å². The molecule has 0 radical (unpaired) electrons. The third kappa shape index (κ3) is 49.9. The van der Waals surface area contributed by atoms with Gasteiger partial charge in [0.1, 0.15) is 13.2 Å². The summed E-state index contributed by atoms with van der Waals surface area (Å²) in [7, 11) is 0. The first kappa shape index (κ1) is 60.9. The maximum absolute atomic E-state index is 12.8. The van der Waals surface area contributed by atoms with E-state index in [-0.39, 0.29) is 31.1 Å². The van der Waals surface area contributed by atoms with Crippen molar-refractivity contribution in [1.29, 1.82) is 0 Å². The summed E-state index contributed by atoms with van der Waals surface area (Å²) in [5.74, 6) is -0.905. The van der Waals surface area contributed by atoms with E-state index < -0.39 is 6.10 Å². The lowest BCUT2D eigenvalue weighted by molar-refractivity contribution is -0.167. The molecule has 0 aliphatic carbocycles. The van der Waals surface area contributed by atoms with Gasteiger partial charge in [0.2, 0.25) is 0 Å². The van der Waals surface area contributed by atoms with E-state index in [1.165, 1.54) is 128 Å². The predicted molar refractivity (Wildman–Crippen MR) is 274 cm³/mol. The predicted octanol–water partition coefficient (Wildman–Crippen LogP) is 17.8. The molecule has 0 aliphatic heterocycles. The Labute approximate surface area is 395 Å². The Morgan fingerprint density at radius 1 is 0.344 bits per heavy atom. The largest absolute Gasteiger partial charge is 0.462 e. The highest BCUT2D eigenvalue weighted by atomic mass is 16.6. The van der Waals surface area contributed by atoms with Crippen molar-refractivity contribution in [3.63, 3.8) is 0 Å². The second kappa shape index (κ2) is 52.5. The van der Waals surface area contributed by atoms with Crippen LogP contribution in [0.1, 0.15) is 258 Å².